The number of Topliss-reactive ketones (excluding diaryl/α,β-unsaturated/α-hetero) is 1. The van der Waals surface area contributed by atoms with E-state index in [0.29, 0.717) is 12.3 Å². The molecule has 0 bridgehead atoms. The Labute approximate surface area is 190 Å². The van der Waals surface area contributed by atoms with Gasteiger partial charge in [0.2, 0.25) is 0 Å². The van der Waals surface area contributed by atoms with Gasteiger partial charge in [0.05, 0.1) is 0 Å². The zero-order chi connectivity index (χ0) is 21.9. The summed E-state index contributed by atoms with van der Waals surface area (Å²) in [5, 5.41) is 0. The summed E-state index contributed by atoms with van der Waals surface area (Å²) < 4.78 is 0. The third-order valence-corrected chi connectivity index (χ3v) is 7.22. The summed E-state index contributed by atoms with van der Waals surface area (Å²) in [6.45, 7) is 4.53. The van der Waals surface area contributed by atoms with Gasteiger partial charge in [0.25, 0.3) is 0 Å². The number of ketones is 1. The van der Waals surface area contributed by atoms with Crippen molar-refractivity contribution in [1.29, 1.82) is 0 Å². The number of carbonyl (C=O) groups is 1. The van der Waals surface area contributed by atoms with Crippen LogP contribution in [0.3, 0.4) is 0 Å². The lowest BCUT2D eigenvalue weighted by atomic mass is 9.77. The van der Waals surface area contributed by atoms with E-state index in [0.717, 1.165) is 23.5 Å². The summed E-state index contributed by atoms with van der Waals surface area (Å²) in [4.78, 5) is 12.8. The molecule has 1 nitrogen and oxygen atoms in total. The van der Waals surface area contributed by atoms with Gasteiger partial charge in [-0.2, -0.15) is 0 Å². The van der Waals surface area contributed by atoms with Gasteiger partial charge >= 0.3 is 0 Å². The van der Waals surface area contributed by atoms with E-state index in [2.05, 4.69) is 62.4 Å². The van der Waals surface area contributed by atoms with Crippen LogP contribution in [0.2, 0.25) is 0 Å². The van der Waals surface area contributed by atoms with Gasteiger partial charge in [0, 0.05) is 12.0 Å². The van der Waals surface area contributed by atoms with Crippen LogP contribution in [0.15, 0.2) is 48.5 Å². The van der Waals surface area contributed by atoms with E-state index >= 15 is 0 Å². The summed E-state index contributed by atoms with van der Waals surface area (Å²) in [7, 11) is 0. The zero-order valence-corrected chi connectivity index (χ0v) is 19.9. The van der Waals surface area contributed by atoms with Crippen molar-refractivity contribution in [2.75, 3.05) is 0 Å². The molecule has 0 unspecified atom stereocenters. The van der Waals surface area contributed by atoms with E-state index in [4.69, 9.17) is 0 Å². The Morgan fingerprint density at radius 1 is 0.742 bits per heavy atom. The van der Waals surface area contributed by atoms with Crippen molar-refractivity contribution in [2.45, 2.75) is 103 Å². The second-order valence-electron chi connectivity index (χ2n) is 9.71. The van der Waals surface area contributed by atoms with Gasteiger partial charge in [-0.3, -0.25) is 4.79 Å². The molecule has 1 fully saturated rings. The van der Waals surface area contributed by atoms with Crippen molar-refractivity contribution in [3.8, 4) is 0 Å². The fourth-order valence-corrected chi connectivity index (χ4v) is 5.10. The SMILES string of the molecule is CCCCCc1ccc(CC(=O)c2ccc([C@H]3CC[C@H](CCCCC)CC3)cc2)cc1. The second-order valence-corrected chi connectivity index (χ2v) is 9.71. The standard InChI is InChI=1S/C30H42O/c1-3-5-7-9-24-11-13-26(14-12-24)23-30(31)29-21-19-28(20-22-29)27-17-15-25(16-18-27)10-8-6-4-2/h11-14,19-22,25,27H,3-10,15-18,23H2,1-2H3/t25-,27-. The Morgan fingerprint density at radius 3 is 2.00 bits per heavy atom. The maximum atomic E-state index is 12.8. The van der Waals surface area contributed by atoms with Gasteiger partial charge in [-0.15, -0.1) is 0 Å². The molecule has 2 aromatic carbocycles. The van der Waals surface area contributed by atoms with Gasteiger partial charge < -0.3 is 0 Å². The molecule has 1 aliphatic rings. The number of benzene rings is 2. The van der Waals surface area contributed by atoms with Crippen LogP contribution in [-0.2, 0) is 12.8 Å². The van der Waals surface area contributed by atoms with Gasteiger partial charge in [-0.1, -0.05) is 101 Å². The average molecular weight is 419 g/mol. The lowest BCUT2D eigenvalue weighted by Gasteiger charge is -2.29. The van der Waals surface area contributed by atoms with Crippen molar-refractivity contribution in [3.05, 3.63) is 70.8 Å². The lowest BCUT2D eigenvalue weighted by molar-refractivity contribution is 0.0993. The van der Waals surface area contributed by atoms with E-state index in [1.807, 2.05) is 0 Å². The van der Waals surface area contributed by atoms with Crippen LogP contribution in [0.1, 0.15) is 117 Å². The van der Waals surface area contributed by atoms with E-state index in [1.54, 1.807) is 0 Å². The van der Waals surface area contributed by atoms with Gasteiger partial charge in [0.1, 0.15) is 0 Å². The highest BCUT2D eigenvalue weighted by molar-refractivity contribution is 5.97. The Morgan fingerprint density at radius 2 is 1.35 bits per heavy atom. The molecular weight excluding hydrogens is 376 g/mol. The van der Waals surface area contributed by atoms with Gasteiger partial charge in [-0.25, -0.2) is 0 Å². The Bertz CT molecular complexity index is 763. The molecule has 168 valence electrons. The highest BCUT2D eigenvalue weighted by atomic mass is 16.1. The van der Waals surface area contributed by atoms with Crippen LogP contribution in [0, 0.1) is 5.92 Å². The van der Waals surface area contributed by atoms with Crippen LogP contribution in [0.25, 0.3) is 0 Å². The predicted octanol–water partition coefficient (Wildman–Crippen LogP) is 8.70. The van der Waals surface area contributed by atoms with E-state index in [9.17, 15) is 4.79 Å². The van der Waals surface area contributed by atoms with E-state index in [1.165, 1.54) is 81.8 Å². The second kappa shape index (κ2) is 12.8. The Balaban J connectivity index is 1.47. The highest BCUT2D eigenvalue weighted by Gasteiger charge is 2.22. The smallest absolute Gasteiger partial charge is 0.167 e. The minimum Gasteiger partial charge on any atom is -0.294 e. The Hall–Kier alpha value is -1.89. The number of aryl methyl sites for hydroxylation is 1. The number of rotatable bonds is 12. The fraction of sp³-hybridized carbons (Fsp3) is 0.567. The highest BCUT2D eigenvalue weighted by Crippen LogP contribution is 2.37. The quantitative estimate of drug-likeness (QED) is 0.249. The van der Waals surface area contributed by atoms with Gasteiger partial charge in [-0.05, 0) is 67.1 Å². The summed E-state index contributed by atoms with van der Waals surface area (Å²) in [5.74, 6) is 1.86. The van der Waals surface area contributed by atoms with Crippen LogP contribution >= 0.6 is 0 Å². The first kappa shape index (κ1) is 23.8. The number of hydrogen-bond acceptors (Lipinski definition) is 1. The largest absolute Gasteiger partial charge is 0.294 e. The third kappa shape index (κ3) is 7.63. The van der Waals surface area contributed by atoms with Crippen molar-refractivity contribution in [2.24, 2.45) is 5.92 Å². The molecule has 0 spiro atoms. The molecule has 0 N–H and O–H groups in total. The minimum absolute atomic E-state index is 0.227. The van der Waals surface area contributed by atoms with Crippen LogP contribution in [-0.4, -0.2) is 5.78 Å². The predicted molar refractivity (Wildman–Crippen MR) is 133 cm³/mol. The number of carbonyl (C=O) groups excluding carboxylic acids is 1. The number of unbranched alkanes of at least 4 members (excludes halogenated alkanes) is 4. The van der Waals surface area contributed by atoms with Crippen LogP contribution in [0.4, 0.5) is 0 Å². The zero-order valence-electron chi connectivity index (χ0n) is 19.9. The molecule has 0 radical (unpaired) electrons. The molecule has 1 aliphatic carbocycles. The molecule has 0 amide bonds. The Kier molecular flexibility index (Phi) is 9.85. The van der Waals surface area contributed by atoms with Crippen molar-refractivity contribution in [1.82, 2.24) is 0 Å². The molecule has 2 aromatic rings. The normalized spacial score (nSPS) is 18.8. The summed E-state index contributed by atoms with van der Waals surface area (Å²) in [6, 6.07) is 17.2. The van der Waals surface area contributed by atoms with Gasteiger partial charge in [0.15, 0.2) is 5.78 Å². The molecule has 0 aliphatic heterocycles. The molecular formula is C30H42O. The summed E-state index contributed by atoms with van der Waals surface area (Å²) in [5.41, 5.74) is 4.79. The first-order chi connectivity index (χ1) is 15.2. The maximum Gasteiger partial charge on any atom is 0.167 e. The maximum absolute atomic E-state index is 12.8. The molecule has 0 saturated heterocycles. The van der Waals surface area contributed by atoms with Crippen molar-refractivity contribution < 1.29 is 4.79 Å². The topological polar surface area (TPSA) is 17.1 Å². The molecule has 1 heteroatoms. The average Bonchev–Trinajstić information content (AvgIpc) is 2.81. The molecule has 3 rings (SSSR count). The summed E-state index contributed by atoms with van der Waals surface area (Å²) >= 11 is 0. The molecule has 0 heterocycles. The molecule has 31 heavy (non-hydrogen) atoms. The fourth-order valence-electron chi connectivity index (χ4n) is 5.10. The van der Waals surface area contributed by atoms with E-state index < -0.39 is 0 Å². The minimum atomic E-state index is 0.227. The van der Waals surface area contributed by atoms with Crippen LogP contribution in [0.5, 0.6) is 0 Å². The first-order valence-corrected chi connectivity index (χ1v) is 12.9. The molecule has 1 saturated carbocycles. The first-order valence-electron chi connectivity index (χ1n) is 12.9. The monoisotopic (exact) mass is 418 g/mol. The van der Waals surface area contributed by atoms with Crippen LogP contribution < -0.4 is 0 Å². The van der Waals surface area contributed by atoms with Crippen molar-refractivity contribution in [3.63, 3.8) is 0 Å². The number of hydrogen-bond donors (Lipinski definition) is 0. The lowest BCUT2D eigenvalue weighted by Crippen LogP contribution is -2.13. The third-order valence-electron chi connectivity index (χ3n) is 7.22. The molecule has 0 aromatic heterocycles. The molecule has 0 atom stereocenters. The van der Waals surface area contributed by atoms with E-state index in [-0.39, 0.29) is 5.78 Å². The summed E-state index contributed by atoms with van der Waals surface area (Å²) in [6.07, 6.45) is 16.4. The van der Waals surface area contributed by atoms with Crippen molar-refractivity contribution >= 4 is 5.78 Å².